The van der Waals surface area contributed by atoms with Gasteiger partial charge in [0, 0.05) is 23.2 Å². The third-order valence-corrected chi connectivity index (χ3v) is 4.17. The number of benzene rings is 1. The lowest BCUT2D eigenvalue weighted by atomic mass is 10.0. The van der Waals surface area contributed by atoms with Crippen molar-refractivity contribution >= 4 is 22.7 Å². The molecule has 0 fully saturated rings. The van der Waals surface area contributed by atoms with Crippen LogP contribution in [-0.2, 0) is 4.74 Å². The first-order chi connectivity index (χ1) is 11.6. The molecule has 5 nitrogen and oxygen atoms in total. The van der Waals surface area contributed by atoms with Gasteiger partial charge in [0.1, 0.15) is 11.7 Å². The van der Waals surface area contributed by atoms with Crippen molar-refractivity contribution in [2.24, 2.45) is 0 Å². The van der Waals surface area contributed by atoms with Crippen molar-refractivity contribution in [3.05, 3.63) is 52.4 Å². The van der Waals surface area contributed by atoms with Crippen LogP contribution in [0.4, 0.5) is 10.5 Å². The maximum atomic E-state index is 12.1. The predicted octanol–water partition coefficient (Wildman–Crippen LogP) is 4.54. The lowest BCUT2D eigenvalue weighted by molar-refractivity contribution is 0.127. The molecule has 0 radical (unpaired) electrons. The molecule has 1 N–H and O–H groups in total. The summed E-state index contributed by atoms with van der Waals surface area (Å²) in [6.07, 6.45) is 8.63. The molecule has 0 saturated heterocycles. The maximum absolute atomic E-state index is 12.1. The monoisotopic (exact) mass is 327 g/mol. The number of fused-ring (bicyclic) bond motifs is 1. The SMILES string of the molecule is Cc1cc(=O)oc2cc(NC(=O)O[C@@H]3/C=C/CCCCC3)ccc12. The van der Waals surface area contributed by atoms with Gasteiger partial charge in [0.25, 0.3) is 0 Å². The predicted molar refractivity (Wildman–Crippen MR) is 93.3 cm³/mol. The summed E-state index contributed by atoms with van der Waals surface area (Å²) in [5.74, 6) is 0. The highest BCUT2D eigenvalue weighted by atomic mass is 16.6. The first-order valence-electron chi connectivity index (χ1n) is 8.30. The summed E-state index contributed by atoms with van der Waals surface area (Å²) in [4.78, 5) is 23.6. The smallest absolute Gasteiger partial charge is 0.412 e. The van der Waals surface area contributed by atoms with Crippen LogP contribution in [-0.4, -0.2) is 12.2 Å². The van der Waals surface area contributed by atoms with Gasteiger partial charge in [0.2, 0.25) is 0 Å². The van der Waals surface area contributed by atoms with Crippen LogP contribution in [0.3, 0.4) is 0 Å². The van der Waals surface area contributed by atoms with E-state index in [1.165, 1.54) is 12.5 Å². The zero-order valence-electron chi connectivity index (χ0n) is 13.7. The number of nitrogens with one attached hydrogen (secondary N) is 1. The van der Waals surface area contributed by atoms with Gasteiger partial charge in [0.15, 0.2) is 0 Å². The number of hydrogen-bond acceptors (Lipinski definition) is 4. The lowest BCUT2D eigenvalue weighted by Gasteiger charge is -2.16. The van der Waals surface area contributed by atoms with Crippen LogP contribution >= 0.6 is 0 Å². The molecule has 1 aromatic carbocycles. The molecule has 0 unspecified atom stereocenters. The Bertz CT molecular complexity index is 822. The molecule has 24 heavy (non-hydrogen) atoms. The number of aryl methyl sites for hydroxylation is 1. The van der Waals surface area contributed by atoms with Gasteiger partial charge in [-0.15, -0.1) is 0 Å². The zero-order chi connectivity index (χ0) is 16.9. The summed E-state index contributed by atoms with van der Waals surface area (Å²) in [5.41, 5.74) is 1.43. The molecule has 3 rings (SSSR count). The molecule has 126 valence electrons. The minimum atomic E-state index is -0.500. The minimum absolute atomic E-state index is 0.189. The molecule has 1 atom stereocenters. The van der Waals surface area contributed by atoms with Crippen LogP contribution in [0.25, 0.3) is 11.0 Å². The largest absolute Gasteiger partial charge is 0.442 e. The molecular weight excluding hydrogens is 306 g/mol. The van der Waals surface area contributed by atoms with Gasteiger partial charge < -0.3 is 9.15 Å². The Morgan fingerprint density at radius 2 is 2.12 bits per heavy atom. The van der Waals surface area contributed by atoms with Crippen molar-refractivity contribution in [3.8, 4) is 0 Å². The van der Waals surface area contributed by atoms with E-state index in [2.05, 4.69) is 11.4 Å². The fourth-order valence-corrected chi connectivity index (χ4v) is 2.91. The van der Waals surface area contributed by atoms with E-state index in [0.29, 0.717) is 11.3 Å². The summed E-state index contributed by atoms with van der Waals surface area (Å²) in [7, 11) is 0. The number of anilines is 1. The van der Waals surface area contributed by atoms with Crippen molar-refractivity contribution in [1.29, 1.82) is 0 Å². The third-order valence-electron chi connectivity index (χ3n) is 4.17. The molecule has 0 spiro atoms. The van der Waals surface area contributed by atoms with Gasteiger partial charge in [-0.25, -0.2) is 9.59 Å². The molecule has 1 aromatic heterocycles. The molecule has 1 heterocycles. The second-order valence-electron chi connectivity index (χ2n) is 6.09. The van der Waals surface area contributed by atoms with Gasteiger partial charge in [-0.3, -0.25) is 5.32 Å². The van der Waals surface area contributed by atoms with Crippen LogP contribution in [0.2, 0.25) is 0 Å². The second-order valence-corrected chi connectivity index (χ2v) is 6.09. The van der Waals surface area contributed by atoms with Crippen molar-refractivity contribution in [2.75, 3.05) is 5.32 Å². The van der Waals surface area contributed by atoms with Crippen molar-refractivity contribution in [1.82, 2.24) is 0 Å². The van der Waals surface area contributed by atoms with Crippen molar-refractivity contribution < 1.29 is 13.9 Å². The molecular formula is C19H21NO4. The fourth-order valence-electron chi connectivity index (χ4n) is 2.91. The van der Waals surface area contributed by atoms with Crippen molar-refractivity contribution in [2.45, 2.75) is 45.1 Å². The normalized spacial score (nSPS) is 19.3. The number of hydrogen-bond donors (Lipinski definition) is 1. The van der Waals surface area contributed by atoms with Gasteiger partial charge >= 0.3 is 11.7 Å². The van der Waals surface area contributed by atoms with Crippen molar-refractivity contribution in [3.63, 3.8) is 0 Å². The Kier molecular flexibility index (Phi) is 4.99. The fraction of sp³-hybridized carbons (Fsp3) is 0.368. The Morgan fingerprint density at radius 3 is 3.00 bits per heavy atom. The number of carbonyl (C=O) groups excluding carboxylic acids is 1. The van der Waals surface area contributed by atoms with Crippen LogP contribution < -0.4 is 10.9 Å². The van der Waals surface area contributed by atoms with Crippen LogP contribution in [0.15, 0.2) is 45.6 Å². The Labute approximate surface area is 140 Å². The molecule has 0 saturated carbocycles. The average molecular weight is 327 g/mol. The summed E-state index contributed by atoms with van der Waals surface area (Å²) in [5, 5.41) is 3.54. The van der Waals surface area contributed by atoms with E-state index in [1.807, 2.05) is 19.1 Å². The first-order valence-corrected chi connectivity index (χ1v) is 8.30. The highest BCUT2D eigenvalue weighted by Crippen LogP contribution is 2.21. The lowest BCUT2D eigenvalue weighted by Crippen LogP contribution is -2.21. The van der Waals surface area contributed by atoms with Crippen LogP contribution in [0, 0.1) is 6.92 Å². The topological polar surface area (TPSA) is 68.5 Å². The Morgan fingerprint density at radius 1 is 1.25 bits per heavy atom. The van der Waals surface area contributed by atoms with E-state index >= 15 is 0 Å². The number of rotatable bonds is 2. The maximum Gasteiger partial charge on any atom is 0.412 e. The molecule has 5 heteroatoms. The number of amides is 1. The summed E-state index contributed by atoms with van der Waals surface area (Å²) >= 11 is 0. The second kappa shape index (κ2) is 7.34. The van der Waals surface area contributed by atoms with E-state index in [9.17, 15) is 9.59 Å². The van der Waals surface area contributed by atoms with Gasteiger partial charge in [-0.1, -0.05) is 12.5 Å². The molecule has 1 aliphatic rings. The molecule has 2 aromatic rings. The summed E-state index contributed by atoms with van der Waals surface area (Å²) in [6.45, 7) is 1.85. The quantitative estimate of drug-likeness (QED) is 0.649. The van der Waals surface area contributed by atoms with E-state index in [0.717, 1.165) is 36.6 Å². The molecule has 1 aliphatic carbocycles. The number of allylic oxidation sites excluding steroid dienone is 1. The van der Waals surface area contributed by atoms with Gasteiger partial charge in [-0.2, -0.15) is 0 Å². The minimum Gasteiger partial charge on any atom is -0.442 e. The van der Waals surface area contributed by atoms with E-state index in [1.54, 1.807) is 12.1 Å². The molecule has 0 aliphatic heterocycles. The Hall–Kier alpha value is -2.56. The van der Waals surface area contributed by atoms with Gasteiger partial charge in [-0.05, 0) is 56.4 Å². The Balaban J connectivity index is 1.70. The molecule has 1 amide bonds. The van der Waals surface area contributed by atoms with Crippen LogP contribution in [0.1, 0.15) is 37.7 Å². The summed E-state index contributed by atoms with van der Waals surface area (Å²) < 4.78 is 10.6. The molecule has 0 bridgehead atoms. The van der Waals surface area contributed by atoms with E-state index < -0.39 is 11.7 Å². The van der Waals surface area contributed by atoms with E-state index in [-0.39, 0.29) is 6.10 Å². The zero-order valence-corrected chi connectivity index (χ0v) is 13.7. The number of ether oxygens (including phenoxy) is 1. The highest BCUT2D eigenvalue weighted by Gasteiger charge is 2.13. The first kappa shape index (κ1) is 16.3. The van der Waals surface area contributed by atoms with Gasteiger partial charge in [0.05, 0.1) is 0 Å². The van der Waals surface area contributed by atoms with E-state index in [4.69, 9.17) is 9.15 Å². The highest BCUT2D eigenvalue weighted by molar-refractivity contribution is 5.90. The van der Waals surface area contributed by atoms with Crippen LogP contribution in [0.5, 0.6) is 0 Å². The summed E-state index contributed by atoms with van der Waals surface area (Å²) in [6, 6.07) is 6.67. The third kappa shape index (κ3) is 4.04. The number of carbonyl (C=O) groups is 1. The average Bonchev–Trinajstić information content (AvgIpc) is 2.49. The standard InChI is InChI=1S/C19H21NO4/c1-13-11-18(21)24-17-12-14(9-10-16(13)17)20-19(22)23-15-7-5-3-2-4-6-8-15/h5,7,9-12,15H,2-4,6,8H2,1H3,(H,20,22)/b7-5+/t15-/m1/s1.